The van der Waals surface area contributed by atoms with Crippen LogP contribution in [0.1, 0.15) is 17.5 Å². The fourth-order valence-corrected chi connectivity index (χ4v) is 5.14. The smallest absolute Gasteiger partial charge is 0.241 e. The van der Waals surface area contributed by atoms with Crippen LogP contribution in [-0.2, 0) is 17.6 Å². The summed E-state index contributed by atoms with van der Waals surface area (Å²) in [7, 11) is 1.64. The second-order valence-electron chi connectivity index (χ2n) is 6.12. The van der Waals surface area contributed by atoms with Crippen molar-refractivity contribution in [1.29, 1.82) is 0 Å². The standard InChI is InChI=1S/C20H20BrNO2S2/c1-24-17-10-9-15(12-16(17)21)13-18-19(23)22(20(25)26-18)11-5-8-14-6-3-2-4-7-14/h2-4,6-7,9-10,12,18H,5,8,11,13H2,1H3/t18-/m0/s1. The molecule has 0 saturated carbocycles. The monoisotopic (exact) mass is 449 g/mol. The fourth-order valence-electron chi connectivity index (χ4n) is 2.97. The average molecular weight is 450 g/mol. The molecule has 1 aliphatic rings. The molecule has 0 spiro atoms. The number of hydrogen-bond acceptors (Lipinski definition) is 4. The predicted octanol–water partition coefficient (Wildman–Crippen LogP) is 4.86. The number of thiocarbonyl (C=S) groups is 1. The summed E-state index contributed by atoms with van der Waals surface area (Å²) in [5.74, 6) is 0.914. The molecule has 1 heterocycles. The predicted molar refractivity (Wildman–Crippen MR) is 115 cm³/mol. The number of carbonyl (C=O) groups excluding carboxylic acids is 1. The highest BCUT2D eigenvalue weighted by atomic mass is 79.9. The number of carbonyl (C=O) groups is 1. The number of ether oxygens (including phenoxy) is 1. The third kappa shape index (κ3) is 4.67. The van der Waals surface area contributed by atoms with E-state index in [0.29, 0.717) is 17.3 Å². The van der Waals surface area contributed by atoms with E-state index in [-0.39, 0.29) is 11.2 Å². The molecule has 2 aromatic carbocycles. The summed E-state index contributed by atoms with van der Waals surface area (Å²) in [4.78, 5) is 14.5. The minimum atomic E-state index is -0.139. The van der Waals surface area contributed by atoms with Gasteiger partial charge in [0.2, 0.25) is 5.91 Å². The SMILES string of the molecule is COc1ccc(C[C@@H]2SC(=S)N(CCCc3ccccc3)C2=O)cc1Br. The van der Waals surface area contributed by atoms with Crippen LogP contribution in [0.4, 0.5) is 0 Å². The van der Waals surface area contributed by atoms with Crippen molar-refractivity contribution in [3.63, 3.8) is 0 Å². The van der Waals surface area contributed by atoms with Crippen LogP contribution >= 0.6 is 39.9 Å². The van der Waals surface area contributed by atoms with Crippen molar-refractivity contribution in [1.82, 2.24) is 4.90 Å². The van der Waals surface area contributed by atoms with E-state index in [0.717, 1.165) is 28.6 Å². The summed E-state index contributed by atoms with van der Waals surface area (Å²) in [6, 6.07) is 16.2. The fraction of sp³-hybridized carbons (Fsp3) is 0.300. The molecule has 1 atom stereocenters. The molecule has 0 aromatic heterocycles. The Kier molecular flexibility index (Phi) is 6.73. The van der Waals surface area contributed by atoms with E-state index in [1.165, 1.54) is 17.3 Å². The highest BCUT2D eigenvalue weighted by Gasteiger charge is 2.36. The van der Waals surface area contributed by atoms with E-state index >= 15 is 0 Å². The van der Waals surface area contributed by atoms with Gasteiger partial charge in [-0.15, -0.1) is 0 Å². The number of halogens is 1. The Morgan fingerprint density at radius 2 is 1.96 bits per heavy atom. The van der Waals surface area contributed by atoms with Gasteiger partial charge in [0.05, 0.1) is 16.8 Å². The van der Waals surface area contributed by atoms with Crippen LogP contribution in [0.5, 0.6) is 5.75 Å². The molecule has 0 radical (unpaired) electrons. The van der Waals surface area contributed by atoms with E-state index in [1.807, 2.05) is 36.4 Å². The lowest BCUT2D eigenvalue weighted by atomic mass is 10.1. The Morgan fingerprint density at radius 3 is 2.65 bits per heavy atom. The Hall–Kier alpha value is -1.37. The number of rotatable bonds is 7. The van der Waals surface area contributed by atoms with Crippen LogP contribution < -0.4 is 4.74 Å². The number of aryl methyl sites for hydroxylation is 1. The van der Waals surface area contributed by atoms with Crippen LogP contribution in [0.2, 0.25) is 0 Å². The third-order valence-corrected chi connectivity index (χ3v) is 6.54. The molecule has 26 heavy (non-hydrogen) atoms. The maximum Gasteiger partial charge on any atom is 0.241 e. The summed E-state index contributed by atoms with van der Waals surface area (Å²) in [6.07, 6.45) is 2.53. The lowest BCUT2D eigenvalue weighted by molar-refractivity contribution is -0.126. The molecule has 0 bridgehead atoms. The first-order valence-electron chi connectivity index (χ1n) is 8.47. The van der Waals surface area contributed by atoms with E-state index < -0.39 is 0 Å². The minimum Gasteiger partial charge on any atom is -0.496 e. The zero-order chi connectivity index (χ0) is 18.5. The van der Waals surface area contributed by atoms with Gasteiger partial charge in [-0.05, 0) is 58.5 Å². The maximum atomic E-state index is 12.8. The zero-order valence-electron chi connectivity index (χ0n) is 14.5. The minimum absolute atomic E-state index is 0.125. The largest absolute Gasteiger partial charge is 0.496 e. The second-order valence-corrected chi connectivity index (χ2v) is 8.82. The van der Waals surface area contributed by atoms with Crippen LogP contribution in [-0.4, -0.2) is 34.0 Å². The lowest BCUT2D eigenvalue weighted by Gasteiger charge is -2.15. The van der Waals surface area contributed by atoms with Gasteiger partial charge >= 0.3 is 0 Å². The highest BCUT2D eigenvalue weighted by molar-refractivity contribution is 9.10. The number of thioether (sulfide) groups is 1. The Labute approximate surface area is 172 Å². The van der Waals surface area contributed by atoms with Gasteiger partial charge in [-0.2, -0.15) is 0 Å². The van der Waals surface area contributed by atoms with Crippen molar-refractivity contribution in [2.45, 2.75) is 24.5 Å². The zero-order valence-corrected chi connectivity index (χ0v) is 17.7. The Bertz CT molecular complexity index is 798. The van der Waals surface area contributed by atoms with Crippen molar-refractivity contribution in [3.8, 4) is 5.75 Å². The molecular weight excluding hydrogens is 430 g/mol. The van der Waals surface area contributed by atoms with Crippen molar-refractivity contribution >= 4 is 50.1 Å². The van der Waals surface area contributed by atoms with Crippen molar-refractivity contribution in [2.24, 2.45) is 0 Å². The number of benzene rings is 2. The quantitative estimate of drug-likeness (QED) is 0.564. The maximum absolute atomic E-state index is 12.8. The van der Waals surface area contributed by atoms with Crippen LogP contribution in [0.3, 0.4) is 0 Å². The Morgan fingerprint density at radius 1 is 1.19 bits per heavy atom. The first-order chi connectivity index (χ1) is 12.6. The van der Waals surface area contributed by atoms with Crippen molar-refractivity contribution in [3.05, 3.63) is 64.1 Å². The summed E-state index contributed by atoms with van der Waals surface area (Å²) in [5.41, 5.74) is 2.38. The molecule has 0 N–H and O–H groups in total. The number of amides is 1. The summed E-state index contributed by atoms with van der Waals surface area (Å²) < 4.78 is 6.85. The summed E-state index contributed by atoms with van der Waals surface area (Å²) in [5, 5.41) is -0.139. The second kappa shape index (κ2) is 9.02. The molecule has 0 unspecified atom stereocenters. The topological polar surface area (TPSA) is 29.5 Å². The number of methoxy groups -OCH3 is 1. The van der Waals surface area contributed by atoms with E-state index in [1.54, 1.807) is 12.0 Å². The van der Waals surface area contributed by atoms with Crippen LogP contribution in [0.15, 0.2) is 53.0 Å². The normalized spacial score (nSPS) is 17.0. The van der Waals surface area contributed by atoms with Gasteiger partial charge in [-0.1, -0.05) is 60.4 Å². The average Bonchev–Trinajstić information content (AvgIpc) is 2.90. The lowest BCUT2D eigenvalue weighted by Crippen LogP contribution is -2.33. The van der Waals surface area contributed by atoms with E-state index in [9.17, 15) is 4.79 Å². The molecule has 1 amide bonds. The van der Waals surface area contributed by atoms with Gasteiger partial charge < -0.3 is 4.74 Å². The number of hydrogen-bond donors (Lipinski definition) is 0. The van der Waals surface area contributed by atoms with Crippen molar-refractivity contribution < 1.29 is 9.53 Å². The molecule has 6 heteroatoms. The Balaban J connectivity index is 1.57. The molecule has 3 rings (SSSR count). The van der Waals surface area contributed by atoms with Gasteiger partial charge in [0.1, 0.15) is 10.1 Å². The first kappa shape index (κ1) is 19.4. The van der Waals surface area contributed by atoms with Crippen LogP contribution in [0, 0.1) is 0 Å². The molecule has 1 saturated heterocycles. The highest BCUT2D eigenvalue weighted by Crippen LogP contribution is 2.32. The molecule has 136 valence electrons. The van der Waals surface area contributed by atoms with Gasteiger partial charge in [0.25, 0.3) is 0 Å². The van der Waals surface area contributed by atoms with E-state index in [4.69, 9.17) is 17.0 Å². The van der Waals surface area contributed by atoms with Crippen LogP contribution in [0.25, 0.3) is 0 Å². The molecule has 1 fully saturated rings. The third-order valence-electron chi connectivity index (χ3n) is 4.33. The van der Waals surface area contributed by atoms with Gasteiger partial charge in [0, 0.05) is 6.54 Å². The first-order valence-corrected chi connectivity index (χ1v) is 10.5. The molecule has 2 aromatic rings. The summed E-state index contributed by atoms with van der Waals surface area (Å²) >= 11 is 10.4. The molecular formula is C20H20BrNO2S2. The van der Waals surface area contributed by atoms with Gasteiger partial charge in [0.15, 0.2) is 0 Å². The van der Waals surface area contributed by atoms with Gasteiger partial charge in [-0.25, -0.2) is 0 Å². The number of nitrogens with zero attached hydrogens (tertiary/aromatic N) is 1. The summed E-state index contributed by atoms with van der Waals surface area (Å²) in [6.45, 7) is 0.683. The van der Waals surface area contributed by atoms with E-state index in [2.05, 4.69) is 28.1 Å². The molecule has 1 aliphatic heterocycles. The molecule has 0 aliphatic carbocycles. The molecule has 3 nitrogen and oxygen atoms in total. The van der Waals surface area contributed by atoms with Crippen molar-refractivity contribution in [2.75, 3.05) is 13.7 Å². The van der Waals surface area contributed by atoms with Gasteiger partial charge in [-0.3, -0.25) is 9.69 Å².